The highest BCUT2D eigenvalue weighted by atomic mass is 19.1. The van der Waals surface area contributed by atoms with Crippen molar-refractivity contribution in [3.05, 3.63) is 29.8 Å². The van der Waals surface area contributed by atoms with Gasteiger partial charge < -0.3 is 20.3 Å². The van der Waals surface area contributed by atoms with E-state index in [9.17, 15) is 8.78 Å². The van der Waals surface area contributed by atoms with E-state index in [1.165, 1.54) is 12.1 Å². The molecule has 1 atom stereocenters. The second kappa shape index (κ2) is 9.42. The smallest absolute Gasteiger partial charge is 0.191 e. The Labute approximate surface area is 142 Å². The van der Waals surface area contributed by atoms with Gasteiger partial charge in [-0.05, 0) is 31.9 Å². The van der Waals surface area contributed by atoms with Gasteiger partial charge in [-0.3, -0.25) is 4.99 Å². The molecule has 134 valence electrons. The third-order valence-electron chi connectivity index (χ3n) is 3.97. The SMILES string of the molecule is CCOCCCNC(=NC)NC1CCN(c2ccc(F)cc2F)C1. The first-order valence-electron chi connectivity index (χ1n) is 8.39. The molecule has 5 nitrogen and oxygen atoms in total. The maximum Gasteiger partial charge on any atom is 0.191 e. The minimum atomic E-state index is -0.554. The third-order valence-corrected chi connectivity index (χ3v) is 3.97. The van der Waals surface area contributed by atoms with Crippen LogP contribution in [0.15, 0.2) is 23.2 Å². The highest BCUT2D eigenvalue weighted by Gasteiger charge is 2.25. The van der Waals surface area contributed by atoms with Crippen LogP contribution in [0, 0.1) is 11.6 Å². The van der Waals surface area contributed by atoms with Gasteiger partial charge >= 0.3 is 0 Å². The molecule has 1 aliphatic heterocycles. The van der Waals surface area contributed by atoms with Gasteiger partial charge in [0.25, 0.3) is 0 Å². The van der Waals surface area contributed by atoms with Crippen LogP contribution < -0.4 is 15.5 Å². The number of nitrogens with one attached hydrogen (secondary N) is 2. The number of hydrogen-bond donors (Lipinski definition) is 2. The maximum atomic E-state index is 13.9. The summed E-state index contributed by atoms with van der Waals surface area (Å²) in [6.07, 6.45) is 1.78. The van der Waals surface area contributed by atoms with Crippen LogP contribution in [0.4, 0.5) is 14.5 Å². The highest BCUT2D eigenvalue weighted by molar-refractivity contribution is 5.80. The second-order valence-electron chi connectivity index (χ2n) is 5.72. The van der Waals surface area contributed by atoms with E-state index in [-0.39, 0.29) is 6.04 Å². The third kappa shape index (κ3) is 5.33. The number of benzene rings is 1. The van der Waals surface area contributed by atoms with Crippen LogP contribution >= 0.6 is 0 Å². The maximum absolute atomic E-state index is 13.9. The fraction of sp³-hybridized carbons (Fsp3) is 0.588. The minimum Gasteiger partial charge on any atom is -0.382 e. The summed E-state index contributed by atoms with van der Waals surface area (Å²) in [5, 5.41) is 6.59. The lowest BCUT2D eigenvalue weighted by Crippen LogP contribution is -2.45. The molecule has 24 heavy (non-hydrogen) atoms. The fourth-order valence-electron chi connectivity index (χ4n) is 2.75. The van der Waals surface area contributed by atoms with Crippen molar-refractivity contribution >= 4 is 11.6 Å². The van der Waals surface area contributed by atoms with E-state index in [1.54, 1.807) is 7.05 Å². The molecule has 1 saturated heterocycles. The van der Waals surface area contributed by atoms with Crippen LogP contribution in [0.5, 0.6) is 0 Å². The van der Waals surface area contributed by atoms with Crippen LogP contribution in [-0.2, 0) is 4.74 Å². The van der Waals surface area contributed by atoms with Gasteiger partial charge in [-0.15, -0.1) is 0 Å². The van der Waals surface area contributed by atoms with E-state index in [1.807, 2.05) is 11.8 Å². The van der Waals surface area contributed by atoms with Crippen molar-refractivity contribution in [2.45, 2.75) is 25.8 Å². The zero-order valence-corrected chi connectivity index (χ0v) is 14.3. The van der Waals surface area contributed by atoms with Gasteiger partial charge in [0.05, 0.1) is 5.69 Å². The monoisotopic (exact) mass is 340 g/mol. The topological polar surface area (TPSA) is 48.9 Å². The molecule has 0 radical (unpaired) electrons. The van der Waals surface area contributed by atoms with E-state index in [0.717, 1.165) is 51.2 Å². The predicted octanol–water partition coefficient (Wildman–Crippen LogP) is 2.14. The van der Waals surface area contributed by atoms with Crippen molar-refractivity contribution in [1.82, 2.24) is 10.6 Å². The lowest BCUT2D eigenvalue weighted by molar-refractivity contribution is 0.145. The Morgan fingerprint density at radius 2 is 2.25 bits per heavy atom. The summed E-state index contributed by atoms with van der Waals surface area (Å²) in [5.41, 5.74) is 0.445. The van der Waals surface area contributed by atoms with E-state index in [2.05, 4.69) is 15.6 Å². The quantitative estimate of drug-likeness (QED) is 0.454. The van der Waals surface area contributed by atoms with Gasteiger partial charge in [0, 0.05) is 52.0 Å². The average molecular weight is 340 g/mol. The molecule has 7 heteroatoms. The average Bonchev–Trinajstić information content (AvgIpc) is 3.01. The Balaban J connectivity index is 1.79. The van der Waals surface area contributed by atoms with E-state index < -0.39 is 11.6 Å². The lowest BCUT2D eigenvalue weighted by atomic mass is 10.2. The summed E-state index contributed by atoms with van der Waals surface area (Å²) in [6.45, 7) is 5.59. The Morgan fingerprint density at radius 1 is 1.42 bits per heavy atom. The molecule has 1 aromatic carbocycles. The molecule has 1 heterocycles. The van der Waals surface area contributed by atoms with Crippen LogP contribution in [0.25, 0.3) is 0 Å². The van der Waals surface area contributed by atoms with Crippen molar-refractivity contribution in [3.63, 3.8) is 0 Å². The standard InChI is InChI=1S/C17H26F2N4O/c1-3-24-10-4-8-21-17(20-2)22-14-7-9-23(12-14)16-6-5-13(18)11-15(16)19/h5-6,11,14H,3-4,7-10,12H2,1-2H3,(H2,20,21,22). The molecule has 2 N–H and O–H groups in total. The molecule has 2 rings (SSSR count). The Bertz CT molecular complexity index is 553. The summed E-state index contributed by atoms with van der Waals surface area (Å²) < 4.78 is 32.2. The lowest BCUT2D eigenvalue weighted by Gasteiger charge is -2.21. The van der Waals surface area contributed by atoms with Crippen LogP contribution in [0.2, 0.25) is 0 Å². The first-order valence-corrected chi connectivity index (χ1v) is 8.39. The van der Waals surface area contributed by atoms with Gasteiger partial charge in [-0.25, -0.2) is 8.78 Å². The number of nitrogens with zero attached hydrogens (tertiary/aromatic N) is 2. The van der Waals surface area contributed by atoms with Gasteiger partial charge in [0.1, 0.15) is 11.6 Å². The number of hydrogen-bond acceptors (Lipinski definition) is 3. The normalized spacial score (nSPS) is 18.1. The van der Waals surface area contributed by atoms with Crippen molar-refractivity contribution in [1.29, 1.82) is 0 Å². The molecular formula is C17H26F2N4O. The number of rotatable bonds is 7. The summed E-state index contributed by atoms with van der Waals surface area (Å²) >= 11 is 0. The summed E-state index contributed by atoms with van der Waals surface area (Å²) in [7, 11) is 1.73. The van der Waals surface area contributed by atoms with Gasteiger partial charge in [-0.1, -0.05) is 0 Å². The Kier molecular flexibility index (Phi) is 7.24. The first kappa shape index (κ1) is 18.4. The second-order valence-corrected chi connectivity index (χ2v) is 5.72. The molecule has 1 unspecified atom stereocenters. The largest absolute Gasteiger partial charge is 0.382 e. The molecule has 1 aromatic rings. The van der Waals surface area contributed by atoms with Gasteiger partial charge in [0.15, 0.2) is 5.96 Å². The van der Waals surface area contributed by atoms with Crippen molar-refractivity contribution in [2.24, 2.45) is 4.99 Å². The number of halogens is 2. The zero-order valence-electron chi connectivity index (χ0n) is 14.3. The zero-order chi connectivity index (χ0) is 17.4. The molecule has 0 aromatic heterocycles. The van der Waals surface area contributed by atoms with E-state index in [4.69, 9.17) is 4.74 Å². The Hall–Kier alpha value is -1.89. The number of anilines is 1. The van der Waals surface area contributed by atoms with E-state index in [0.29, 0.717) is 12.2 Å². The first-order chi connectivity index (χ1) is 11.6. The molecule has 0 bridgehead atoms. The van der Waals surface area contributed by atoms with Crippen molar-refractivity contribution in [3.8, 4) is 0 Å². The highest BCUT2D eigenvalue weighted by Crippen LogP contribution is 2.24. The molecule has 1 aliphatic rings. The number of ether oxygens (including phenoxy) is 1. The van der Waals surface area contributed by atoms with Crippen LogP contribution in [0.1, 0.15) is 19.8 Å². The summed E-state index contributed by atoms with van der Waals surface area (Å²) in [4.78, 5) is 6.13. The molecule has 0 aliphatic carbocycles. The van der Waals surface area contributed by atoms with Gasteiger partial charge in [0.2, 0.25) is 0 Å². The number of aliphatic imine (C=N–C) groups is 1. The van der Waals surface area contributed by atoms with E-state index >= 15 is 0 Å². The Morgan fingerprint density at radius 3 is 2.96 bits per heavy atom. The molecular weight excluding hydrogens is 314 g/mol. The minimum absolute atomic E-state index is 0.174. The van der Waals surface area contributed by atoms with Crippen molar-refractivity contribution < 1.29 is 13.5 Å². The van der Waals surface area contributed by atoms with Crippen LogP contribution in [-0.4, -0.2) is 51.9 Å². The molecule has 0 spiro atoms. The predicted molar refractivity (Wildman–Crippen MR) is 92.6 cm³/mol. The molecule has 0 saturated carbocycles. The molecule has 1 fully saturated rings. The van der Waals surface area contributed by atoms with Gasteiger partial charge in [-0.2, -0.15) is 0 Å². The summed E-state index contributed by atoms with van der Waals surface area (Å²) in [5.74, 6) is -0.339. The van der Waals surface area contributed by atoms with Crippen molar-refractivity contribution in [2.75, 3.05) is 44.8 Å². The molecule has 0 amide bonds. The summed E-state index contributed by atoms with van der Waals surface area (Å²) in [6, 6.07) is 3.88. The van der Waals surface area contributed by atoms with Crippen LogP contribution in [0.3, 0.4) is 0 Å². The fourth-order valence-corrected chi connectivity index (χ4v) is 2.75. The number of guanidine groups is 1.